The van der Waals surface area contributed by atoms with E-state index in [1.165, 1.54) is 4.90 Å². The third-order valence-electron chi connectivity index (χ3n) is 5.73. The Morgan fingerprint density at radius 2 is 1.67 bits per heavy atom. The Morgan fingerprint density at radius 1 is 1.08 bits per heavy atom. The predicted molar refractivity (Wildman–Crippen MR) is 87.3 cm³/mol. The maximum atomic E-state index is 12.8. The van der Waals surface area contributed by atoms with Gasteiger partial charge in [0.15, 0.2) is 0 Å². The van der Waals surface area contributed by atoms with Crippen molar-refractivity contribution >= 4 is 23.5 Å². The number of nitrogens with zero attached hydrogens (tertiary/aromatic N) is 1. The molecule has 4 rings (SSSR count). The molecule has 2 bridgehead atoms. The summed E-state index contributed by atoms with van der Waals surface area (Å²) in [4.78, 5) is 38.7. The van der Waals surface area contributed by atoms with E-state index in [4.69, 9.17) is 4.74 Å². The molecule has 0 radical (unpaired) electrons. The van der Waals surface area contributed by atoms with Crippen molar-refractivity contribution in [1.29, 1.82) is 0 Å². The van der Waals surface area contributed by atoms with E-state index in [9.17, 15) is 14.4 Å². The summed E-state index contributed by atoms with van der Waals surface area (Å²) in [5.41, 5.74) is 0.998. The van der Waals surface area contributed by atoms with Gasteiger partial charge in [-0.2, -0.15) is 0 Å². The first kappa shape index (κ1) is 15.4. The average Bonchev–Trinajstić information content (AvgIpc) is 3.27. The number of carbonyl (C=O) groups is 3. The molecule has 4 atom stereocenters. The number of benzene rings is 1. The summed E-state index contributed by atoms with van der Waals surface area (Å²) < 4.78 is 5.10. The van der Waals surface area contributed by atoms with E-state index in [0.717, 1.165) is 25.7 Å². The summed E-state index contributed by atoms with van der Waals surface area (Å²) in [5.74, 6) is 0.0276. The normalized spacial score (nSPS) is 30.8. The highest BCUT2D eigenvalue weighted by atomic mass is 16.5. The summed E-state index contributed by atoms with van der Waals surface area (Å²) in [6.07, 6.45) is 3.94. The van der Waals surface area contributed by atoms with E-state index in [1.807, 2.05) is 6.92 Å². The second kappa shape index (κ2) is 5.72. The highest BCUT2D eigenvalue weighted by Crippen LogP contribution is 2.56. The Balaban J connectivity index is 1.55. The number of ether oxygens (including phenoxy) is 1. The Labute approximate surface area is 141 Å². The molecule has 5 nitrogen and oxygen atoms in total. The second-order valence-electron chi connectivity index (χ2n) is 7.08. The van der Waals surface area contributed by atoms with E-state index in [0.29, 0.717) is 29.7 Å². The molecule has 126 valence electrons. The molecule has 0 spiro atoms. The number of carbonyl (C=O) groups excluding carboxylic acids is 3. The number of hydrogen-bond acceptors (Lipinski definition) is 4. The first-order valence-electron chi connectivity index (χ1n) is 8.76. The van der Waals surface area contributed by atoms with Crippen LogP contribution in [0, 0.1) is 23.7 Å². The van der Waals surface area contributed by atoms with Gasteiger partial charge in [0.2, 0.25) is 11.8 Å². The van der Waals surface area contributed by atoms with Gasteiger partial charge in [0.1, 0.15) is 0 Å². The van der Waals surface area contributed by atoms with Crippen LogP contribution in [-0.2, 0) is 14.3 Å². The zero-order valence-corrected chi connectivity index (χ0v) is 13.7. The first-order valence-corrected chi connectivity index (χ1v) is 8.76. The summed E-state index contributed by atoms with van der Waals surface area (Å²) in [6, 6.07) is 6.58. The van der Waals surface area contributed by atoms with E-state index in [2.05, 4.69) is 0 Å². The number of amides is 2. The van der Waals surface area contributed by atoms with Crippen molar-refractivity contribution in [2.45, 2.75) is 32.6 Å². The molecule has 1 aliphatic heterocycles. The molecular formula is C19H21NO4. The lowest BCUT2D eigenvalue weighted by molar-refractivity contribution is -0.123. The van der Waals surface area contributed by atoms with E-state index < -0.39 is 0 Å². The summed E-state index contributed by atoms with van der Waals surface area (Å²) in [7, 11) is 0. The maximum Gasteiger partial charge on any atom is 0.338 e. The van der Waals surface area contributed by atoms with Gasteiger partial charge in [-0.1, -0.05) is 6.92 Å². The monoisotopic (exact) mass is 327 g/mol. The standard InChI is InChI=1S/C19H21NO4/c1-2-9-24-19(23)11-5-7-14(8-6-11)20-17(21)15-12-3-4-13(10-12)16(15)18(20)22/h5-8,12-13,15-16H,2-4,9-10H2,1H3/t12-,13-,15+,16+/m0/s1. The van der Waals surface area contributed by atoms with E-state index in [1.54, 1.807) is 24.3 Å². The maximum absolute atomic E-state index is 12.8. The average molecular weight is 327 g/mol. The van der Waals surface area contributed by atoms with Gasteiger partial charge in [0, 0.05) is 0 Å². The molecule has 0 aromatic heterocycles. The van der Waals surface area contributed by atoms with Crippen molar-refractivity contribution in [2.75, 3.05) is 11.5 Å². The second-order valence-corrected chi connectivity index (χ2v) is 7.08. The quantitative estimate of drug-likeness (QED) is 0.630. The molecule has 3 fully saturated rings. The Hall–Kier alpha value is -2.17. The van der Waals surface area contributed by atoms with Gasteiger partial charge < -0.3 is 4.74 Å². The van der Waals surface area contributed by atoms with Crippen molar-refractivity contribution in [3.05, 3.63) is 29.8 Å². The molecule has 24 heavy (non-hydrogen) atoms. The Morgan fingerprint density at radius 3 is 2.21 bits per heavy atom. The van der Waals surface area contributed by atoms with Gasteiger partial charge in [-0.15, -0.1) is 0 Å². The lowest BCUT2D eigenvalue weighted by Crippen LogP contribution is -2.32. The lowest BCUT2D eigenvalue weighted by atomic mass is 9.81. The van der Waals surface area contributed by atoms with Crippen molar-refractivity contribution in [3.8, 4) is 0 Å². The Bertz CT molecular complexity index is 668. The zero-order chi connectivity index (χ0) is 16.8. The number of esters is 1. The third kappa shape index (κ3) is 2.18. The molecule has 5 heteroatoms. The number of imide groups is 1. The van der Waals surface area contributed by atoms with Crippen LogP contribution >= 0.6 is 0 Å². The van der Waals surface area contributed by atoms with Crippen molar-refractivity contribution < 1.29 is 19.1 Å². The fraction of sp³-hybridized carbons (Fsp3) is 0.526. The fourth-order valence-electron chi connectivity index (χ4n) is 4.69. The number of anilines is 1. The van der Waals surface area contributed by atoms with Crippen LogP contribution in [0.3, 0.4) is 0 Å². The third-order valence-corrected chi connectivity index (χ3v) is 5.73. The van der Waals surface area contributed by atoms with Gasteiger partial charge >= 0.3 is 5.97 Å². The van der Waals surface area contributed by atoms with Crippen LogP contribution in [-0.4, -0.2) is 24.4 Å². The molecule has 2 saturated carbocycles. The van der Waals surface area contributed by atoms with Crippen LogP contribution in [0.2, 0.25) is 0 Å². The van der Waals surface area contributed by atoms with Gasteiger partial charge in [-0.25, -0.2) is 4.79 Å². The van der Waals surface area contributed by atoms with Crippen LogP contribution in [0.5, 0.6) is 0 Å². The highest BCUT2D eigenvalue weighted by Gasteiger charge is 2.61. The predicted octanol–water partition coefficient (Wildman–Crippen LogP) is 2.79. The van der Waals surface area contributed by atoms with Crippen LogP contribution in [0.4, 0.5) is 5.69 Å². The molecule has 2 aliphatic carbocycles. The van der Waals surface area contributed by atoms with E-state index in [-0.39, 0.29) is 29.6 Å². The van der Waals surface area contributed by atoms with Gasteiger partial charge in [0.25, 0.3) is 0 Å². The van der Waals surface area contributed by atoms with Crippen molar-refractivity contribution in [1.82, 2.24) is 0 Å². The topological polar surface area (TPSA) is 63.7 Å². The summed E-state index contributed by atoms with van der Waals surface area (Å²) in [6.45, 7) is 2.32. The van der Waals surface area contributed by atoms with Crippen LogP contribution in [0.15, 0.2) is 24.3 Å². The molecule has 2 amide bonds. The van der Waals surface area contributed by atoms with Crippen LogP contribution in [0.25, 0.3) is 0 Å². The number of hydrogen-bond donors (Lipinski definition) is 0. The number of rotatable bonds is 4. The largest absolute Gasteiger partial charge is 0.462 e. The van der Waals surface area contributed by atoms with Crippen molar-refractivity contribution in [2.24, 2.45) is 23.7 Å². The molecule has 0 N–H and O–H groups in total. The SMILES string of the molecule is CCCOC(=O)c1ccc(N2C(=O)[C@@H]3[C@H]4CC[C@@H](C4)[C@H]3C2=O)cc1. The highest BCUT2D eigenvalue weighted by molar-refractivity contribution is 6.22. The minimum atomic E-state index is -0.377. The molecule has 1 aromatic carbocycles. The number of fused-ring (bicyclic) bond motifs is 5. The minimum absolute atomic E-state index is 0.0569. The molecule has 3 aliphatic rings. The van der Waals surface area contributed by atoms with Gasteiger partial charge in [-0.05, 0) is 61.8 Å². The molecule has 1 saturated heterocycles. The summed E-state index contributed by atoms with van der Waals surface area (Å²) in [5, 5.41) is 0. The fourth-order valence-corrected chi connectivity index (χ4v) is 4.69. The zero-order valence-electron chi connectivity index (χ0n) is 13.7. The smallest absolute Gasteiger partial charge is 0.338 e. The van der Waals surface area contributed by atoms with Crippen LogP contribution in [0.1, 0.15) is 43.0 Å². The molecular weight excluding hydrogens is 306 g/mol. The molecule has 1 aromatic rings. The Kier molecular flexibility index (Phi) is 3.66. The molecule has 0 unspecified atom stereocenters. The first-order chi connectivity index (χ1) is 11.6. The van der Waals surface area contributed by atoms with Crippen LogP contribution < -0.4 is 4.90 Å². The molecule has 1 heterocycles. The minimum Gasteiger partial charge on any atom is -0.462 e. The lowest BCUT2D eigenvalue weighted by Gasteiger charge is -2.19. The van der Waals surface area contributed by atoms with Crippen molar-refractivity contribution in [3.63, 3.8) is 0 Å². The van der Waals surface area contributed by atoms with Gasteiger partial charge in [0.05, 0.1) is 29.7 Å². The van der Waals surface area contributed by atoms with E-state index >= 15 is 0 Å². The van der Waals surface area contributed by atoms with Gasteiger partial charge in [-0.3, -0.25) is 14.5 Å². The summed E-state index contributed by atoms with van der Waals surface area (Å²) >= 11 is 0.